The Morgan fingerprint density at radius 2 is 1.83 bits per heavy atom. The van der Waals surface area contributed by atoms with Crippen LogP contribution in [0.25, 0.3) is 0 Å². The summed E-state index contributed by atoms with van der Waals surface area (Å²) in [5.41, 5.74) is 2.20. The zero-order valence-electron chi connectivity index (χ0n) is 15.0. The Morgan fingerprint density at radius 1 is 1.12 bits per heavy atom. The number of hydrogen-bond acceptors (Lipinski definition) is 2. The quantitative estimate of drug-likeness (QED) is 0.889. The highest BCUT2D eigenvalue weighted by molar-refractivity contribution is 5.91. The van der Waals surface area contributed by atoms with Gasteiger partial charge in [-0.1, -0.05) is 19.8 Å². The molecule has 24 heavy (non-hydrogen) atoms. The van der Waals surface area contributed by atoms with Crippen LogP contribution < -0.4 is 15.1 Å². The molecule has 2 aliphatic rings. The Labute approximate surface area is 146 Å². The maximum absolute atomic E-state index is 12.3. The summed E-state index contributed by atoms with van der Waals surface area (Å²) in [5, 5.41) is 3.07. The molecule has 2 aliphatic heterocycles. The van der Waals surface area contributed by atoms with Gasteiger partial charge in [0.2, 0.25) is 0 Å². The number of carbonyl (C=O) groups is 1. The molecular weight excluding hydrogens is 298 g/mol. The van der Waals surface area contributed by atoms with Gasteiger partial charge in [0.05, 0.1) is 13.1 Å². The van der Waals surface area contributed by atoms with Crippen LogP contribution in [0.15, 0.2) is 24.3 Å². The number of anilines is 2. The summed E-state index contributed by atoms with van der Waals surface area (Å²) in [6.07, 6.45) is 7.83. The van der Waals surface area contributed by atoms with E-state index in [0.29, 0.717) is 6.54 Å². The molecule has 1 aromatic carbocycles. The first kappa shape index (κ1) is 17.3. The first-order valence-corrected chi connectivity index (χ1v) is 9.69. The van der Waals surface area contributed by atoms with Crippen LogP contribution in [0.4, 0.5) is 11.4 Å². The molecule has 0 radical (unpaired) electrons. The van der Waals surface area contributed by atoms with Crippen LogP contribution in [0.5, 0.6) is 0 Å². The minimum atomic E-state index is 0.140. The van der Waals surface area contributed by atoms with Gasteiger partial charge in [-0.3, -0.25) is 4.79 Å². The van der Waals surface area contributed by atoms with E-state index in [1.54, 1.807) is 0 Å². The smallest absolute Gasteiger partial charge is 0.279 e. The summed E-state index contributed by atoms with van der Waals surface area (Å²) in [4.78, 5) is 16.2. The molecule has 3 rings (SSSR count). The van der Waals surface area contributed by atoms with E-state index in [0.717, 1.165) is 37.8 Å². The standard InChI is InChI=1S/C20H31N3O/c1-17-7-6-12-22(15-17)16-20(24)21-18-8-10-19(11-9-18)23-13-4-2-3-5-14-23/h8-11,17H,2-7,12-16H2,1H3,(H,21,24)/p+1/t17-/m0/s1. The highest BCUT2D eigenvalue weighted by Gasteiger charge is 2.22. The zero-order chi connectivity index (χ0) is 16.8. The van der Waals surface area contributed by atoms with Gasteiger partial charge in [-0.2, -0.15) is 0 Å². The van der Waals surface area contributed by atoms with E-state index in [1.165, 1.54) is 49.1 Å². The molecular formula is C20H32N3O+. The predicted octanol–water partition coefficient (Wildman–Crippen LogP) is 2.32. The van der Waals surface area contributed by atoms with Crippen molar-refractivity contribution < 1.29 is 9.69 Å². The maximum atomic E-state index is 12.3. The van der Waals surface area contributed by atoms with E-state index in [9.17, 15) is 4.79 Å². The van der Waals surface area contributed by atoms with Crippen LogP contribution in [-0.4, -0.2) is 38.6 Å². The molecule has 2 fully saturated rings. The SMILES string of the molecule is C[C@H]1CCC[NH+](CC(=O)Nc2ccc(N3CCCCCC3)cc2)C1. The molecule has 4 heteroatoms. The normalized spacial score (nSPS) is 25.1. The third-order valence-corrected chi connectivity index (χ3v) is 5.40. The lowest BCUT2D eigenvalue weighted by molar-refractivity contribution is -0.900. The summed E-state index contributed by atoms with van der Waals surface area (Å²) in [6.45, 7) is 7.45. The average molecular weight is 330 g/mol. The van der Waals surface area contributed by atoms with Gasteiger partial charge in [-0.15, -0.1) is 0 Å². The number of carbonyl (C=O) groups excluding carboxylic acids is 1. The highest BCUT2D eigenvalue weighted by atomic mass is 16.2. The molecule has 132 valence electrons. The number of benzene rings is 1. The first-order valence-electron chi connectivity index (χ1n) is 9.69. The molecule has 1 unspecified atom stereocenters. The largest absolute Gasteiger partial charge is 0.372 e. The second-order valence-corrected chi connectivity index (χ2v) is 7.62. The zero-order valence-corrected chi connectivity index (χ0v) is 15.0. The fraction of sp³-hybridized carbons (Fsp3) is 0.650. The Morgan fingerprint density at radius 3 is 2.50 bits per heavy atom. The molecule has 0 saturated carbocycles. The van der Waals surface area contributed by atoms with E-state index < -0.39 is 0 Å². The number of piperidine rings is 1. The van der Waals surface area contributed by atoms with Crippen molar-refractivity contribution in [1.29, 1.82) is 0 Å². The average Bonchev–Trinajstić information content (AvgIpc) is 2.85. The third kappa shape index (κ3) is 4.97. The van der Waals surface area contributed by atoms with Crippen LogP contribution in [0.2, 0.25) is 0 Å². The van der Waals surface area contributed by atoms with Crippen molar-refractivity contribution in [3.8, 4) is 0 Å². The van der Waals surface area contributed by atoms with Crippen LogP contribution in [0, 0.1) is 5.92 Å². The Bertz CT molecular complexity index is 520. The van der Waals surface area contributed by atoms with Crippen LogP contribution in [-0.2, 0) is 4.79 Å². The summed E-state index contributed by atoms with van der Waals surface area (Å²) >= 11 is 0. The fourth-order valence-electron chi connectivity index (χ4n) is 4.07. The molecule has 1 aromatic rings. The van der Waals surface area contributed by atoms with E-state index in [-0.39, 0.29) is 5.91 Å². The Hall–Kier alpha value is -1.55. The van der Waals surface area contributed by atoms with Crippen LogP contribution >= 0.6 is 0 Å². The van der Waals surface area contributed by atoms with E-state index in [4.69, 9.17) is 0 Å². The van der Waals surface area contributed by atoms with Crippen molar-refractivity contribution >= 4 is 17.3 Å². The van der Waals surface area contributed by atoms with Crippen molar-refractivity contribution in [2.75, 3.05) is 42.9 Å². The first-order chi connectivity index (χ1) is 11.7. The van der Waals surface area contributed by atoms with Crippen molar-refractivity contribution in [1.82, 2.24) is 0 Å². The van der Waals surface area contributed by atoms with Gasteiger partial charge in [0.1, 0.15) is 0 Å². The number of amides is 1. The van der Waals surface area contributed by atoms with E-state index in [1.807, 2.05) is 12.1 Å². The summed E-state index contributed by atoms with van der Waals surface area (Å²) in [6, 6.07) is 8.39. The number of likely N-dealkylation sites (tertiary alicyclic amines) is 1. The third-order valence-electron chi connectivity index (χ3n) is 5.40. The molecule has 0 aromatic heterocycles. The summed E-state index contributed by atoms with van der Waals surface area (Å²) < 4.78 is 0. The number of nitrogens with zero attached hydrogens (tertiary/aromatic N) is 1. The van der Waals surface area contributed by atoms with Gasteiger partial charge in [0.25, 0.3) is 5.91 Å². The molecule has 2 heterocycles. The van der Waals surface area contributed by atoms with Gasteiger partial charge in [0.15, 0.2) is 6.54 Å². The van der Waals surface area contributed by atoms with Crippen molar-refractivity contribution in [3.63, 3.8) is 0 Å². The van der Waals surface area contributed by atoms with Gasteiger partial charge in [-0.05, 0) is 49.9 Å². The van der Waals surface area contributed by atoms with Gasteiger partial charge >= 0.3 is 0 Å². The summed E-state index contributed by atoms with van der Waals surface area (Å²) in [7, 11) is 0. The monoisotopic (exact) mass is 330 g/mol. The number of hydrogen-bond donors (Lipinski definition) is 2. The van der Waals surface area contributed by atoms with Crippen molar-refractivity contribution in [3.05, 3.63) is 24.3 Å². The maximum Gasteiger partial charge on any atom is 0.279 e. The number of quaternary nitrogens is 1. The molecule has 0 bridgehead atoms. The molecule has 0 aliphatic carbocycles. The molecule has 2 N–H and O–H groups in total. The molecule has 4 nitrogen and oxygen atoms in total. The Kier molecular flexibility index (Phi) is 6.13. The lowest BCUT2D eigenvalue weighted by atomic mass is 10.0. The number of rotatable bonds is 4. The minimum absolute atomic E-state index is 0.140. The summed E-state index contributed by atoms with van der Waals surface area (Å²) in [5.74, 6) is 0.885. The van der Waals surface area contributed by atoms with Gasteiger partial charge in [-0.25, -0.2) is 0 Å². The van der Waals surface area contributed by atoms with Gasteiger partial charge < -0.3 is 15.1 Å². The molecule has 2 atom stereocenters. The van der Waals surface area contributed by atoms with E-state index >= 15 is 0 Å². The van der Waals surface area contributed by atoms with Crippen LogP contribution in [0.3, 0.4) is 0 Å². The molecule has 2 saturated heterocycles. The topological polar surface area (TPSA) is 36.8 Å². The Balaban J connectivity index is 1.50. The highest BCUT2D eigenvalue weighted by Crippen LogP contribution is 2.21. The van der Waals surface area contributed by atoms with Crippen molar-refractivity contribution in [2.24, 2.45) is 5.92 Å². The number of nitrogens with one attached hydrogen (secondary N) is 2. The van der Waals surface area contributed by atoms with E-state index in [2.05, 4.69) is 29.3 Å². The van der Waals surface area contributed by atoms with Gasteiger partial charge in [0, 0.05) is 30.4 Å². The predicted molar refractivity (Wildman–Crippen MR) is 99.7 cm³/mol. The second-order valence-electron chi connectivity index (χ2n) is 7.62. The lowest BCUT2D eigenvalue weighted by Gasteiger charge is -2.27. The minimum Gasteiger partial charge on any atom is -0.372 e. The molecule has 1 amide bonds. The molecule has 0 spiro atoms. The second kappa shape index (κ2) is 8.52. The fourth-order valence-corrected chi connectivity index (χ4v) is 4.07. The van der Waals surface area contributed by atoms with Crippen LogP contribution in [0.1, 0.15) is 45.4 Å². The van der Waals surface area contributed by atoms with Crippen molar-refractivity contribution in [2.45, 2.75) is 45.4 Å². The lowest BCUT2D eigenvalue weighted by Crippen LogP contribution is -3.14.